The fraction of sp³-hybridized carbons (Fsp3) is 0.200. The van der Waals surface area contributed by atoms with E-state index in [1.54, 1.807) is 6.07 Å². The first kappa shape index (κ1) is 14.5. The zero-order chi connectivity index (χ0) is 14.8. The van der Waals surface area contributed by atoms with Crippen LogP contribution in [0.1, 0.15) is 5.56 Å². The molecule has 0 atom stereocenters. The van der Waals surface area contributed by atoms with E-state index in [4.69, 9.17) is 9.47 Å². The Morgan fingerprint density at radius 1 is 1.05 bits per heavy atom. The van der Waals surface area contributed by atoms with Crippen molar-refractivity contribution in [1.29, 1.82) is 0 Å². The van der Waals surface area contributed by atoms with E-state index in [-0.39, 0.29) is 5.75 Å². The van der Waals surface area contributed by atoms with Gasteiger partial charge in [0.15, 0.2) is 11.5 Å². The van der Waals surface area contributed by atoms with Crippen LogP contribution in [0.4, 0.5) is 5.69 Å². The molecule has 0 bridgehead atoms. The van der Waals surface area contributed by atoms with Crippen molar-refractivity contribution < 1.29 is 14.6 Å². The summed E-state index contributed by atoms with van der Waals surface area (Å²) in [6.07, 6.45) is 0. The van der Waals surface area contributed by atoms with Crippen molar-refractivity contribution in [3.05, 3.63) is 44.8 Å². The Morgan fingerprint density at radius 2 is 1.76 bits per heavy atom. The van der Waals surface area contributed by atoms with Gasteiger partial charge in [-0.05, 0) is 37.9 Å². The average molecular weight is 415 g/mol. The van der Waals surface area contributed by atoms with Gasteiger partial charge in [0.1, 0.15) is 19.0 Å². The van der Waals surface area contributed by atoms with Crippen molar-refractivity contribution in [2.45, 2.75) is 6.54 Å². The second-order valence-electron chi connectivity index (χ2n) is 4.58. The van der Waals surface area contributed by atoms with Crippen LogP contribution >= 0.6 is 31.9 Å². The Hall–Kier alpha value is -1.40. The van der Waals surface area contributed by atoms with E-state index in [0.29, 0.717) is 24.2 Å². The van der Waals surface area contributed by atoms with Crippen molar-refractivity contribution in [2.75, 3.05) is 18.5 Å². The highest BCUT2D eigenvalue weighted by molar-refractivity contribution is 9.11. The van der Waals surface area contributed by atoms with Gasteiger partial charge in [-0.2, -0.15) is 0 Å². The van der Waals surface area contributed by atoms with Crippen LogP contribution in [0.5, 0.6) is 17.2 Å². The fourth-order valence-corrected chi connectivity index (χ4v) is 2.96. The summed E-state index contributed by atoms with van der Waals surface area (Å²) >= 11 is 6.82. The van der Waals surface area contributed by atoms with E-state index >= 15 is 0 Å². The van der Waals surface area contributed by atoms with Gasteiger partial charge in [0.25, 0.3) is 0 Å². The smallest absolute Gasteiger partial charge is 0.163 e. The number of para-hydroxylation sites is 1. The molecule has 0 spiro atoms. The number of rotatable bonds is 3. The molecule has 110 valence electrons. The van der Waals surface area contributed by atoms with Gasteiger partial charge < -0.3 is 19.9 Å². The van der Waals surface area contributed by atoms with E-state index in [2.05, 4.69) is 37.2 Å². The largest absolute Gasteiger partial charge is 0.506 e. The molecule has 0 aromatic heterocycles. The number of phenols is 1. The van der Waals surface area contributed by atoms with Crippen LogP contribution in [0.15, 0.2) is 39.3 Å². The normalized spacial score (nSPS) is 13.0. The number of fused-ring (bicyclic) bond motifs is 1. The van der Waals surface area contributed by atoms with Gasteiger partial charge in [-0.1, -0.05) is 12.1 Å². The van der Waals surface area contributed by atoms with Crippen LogP contribution in [0.2, 0.25) is 0 Å². The van der Waals surface area contributed by atoms with Gasteiger partial charge in [0.2, 0.25) is 0 Å². The van der Waals surface area contributed by atoms with Crippen LogP contribution < -0.4 is 14.8 Å². The lowest BCUT2D eigenvalue weighted by atomic mass is 10.2. The fourth-order valence-electron chi connectivity index (χ4n) is 2.09. The highest BCUT2D eigenvalue weighted by atomic mass is 79.9. The molecule has 1 aliphatic rings. The third kappa shape index (κ3) is 3.11. The number of ether oxygens (including phenoxy) is 2. The Labute approximate surface area is 139 Å². The molecule has 6 heteroatoms. The lowest BCUT2D eigenvalue weighted by Gasteiger charge is -2.20. The third-order valence-electron chi connectivity index (χ3n) is 3.17. The summed E-state index contributed by atoms with van der Waals surface area (Å²) in [5.74, 6) is 1.72. The van der Waals surface area contributed by atoms with Gasteiger partial charge in [-0.15, -0.1) is 0 Å². The molecule has 3 rings (SSSR count). The Bertz CT molecular complexity index is 676. The van der Waals surface area contributed by atoms with E-state index in [1.807, 2.05) is 24.3 Å². The number of hydrogen-bond acceptors (Lipinski definition) is 4. The van der Waals surface area contributed by atoms with Gasteiger partial charge >= 0.3 is 0 Å². The summed E-state index contributed by atoms with van der Waals surface area (Å²) in [5.41, 5.74) is 1.70. The molecular formula is C15H13Br2NO3. The number of hydrogen-bond donors (Lipinski definition) is 2. The van der Waals surface area contributed by atoms with Crippen molar-refractivity contribution in [2.24, 2.45) is 0 Å². The Kier molecular flexibility index (Phi) is 4.26. The van der Waals surface area contributed by atoms with Gasteiger partial charge in [0.05, 0.1) is 10.2 Å². The highest BCUT2D eigenvalue weighted by Crippen LogP contribution is 2.38. The minimum Gasteiger partial charge on any atom is -0.506 e. The SMILES string of the molecule is Oc1c(Br)cccc1CNc1cc2c(cc1Br)OCCO2. The van der Waals surface area contributed by atoms with Crippen LogP contribution in [0, 0.1) is 0 Å². The standard InChI is InChI=1S/C15H13Br2NO3/c16-10-3-1-2-9(15(10)19)8-18-12-7-14-13(6-11(12)17)20-4-5-21-14/h1-3,6-7,18-19H,4-5,8H2. The molecule has 0 radical (unpaired) electrons. The quantitative estimate of drug-likeness (QED) is 0.786. The number of phenolic OH excluding ortho intramolecular Hbond substituents is 1. The summed E-state index contributed by atoms with van der Waals surface area (Å²) in [7, 11) is 0. The molecule has 0 amide bonds. The van der Waals surface area contributed by atoms with E-state index in [0.717, 1.165) is 27.2 Å². The molecule has 21 heavy (non-hydrogen) atoms. The summed E-state index contributed by atoms with van der Waals surface area (Å²) in [5, 5.41) is 13.3. The number of benzene rings is 2. The maximum atomic E-state index is 9.99. The maximum Gasteiger partial charge on any atom is 0.163 e. The molecule has 0 fully saturated rings. The number of aromatic hydroxyl groups is 1. The van der Waals surface area contributed by atoms with Crippen LogP contribution in [-0.2, 0) is 6.54 Å². The monoisotopic (exact) mass is 413 g/mol. The zero-order valence-corrected chi connectivity index (χ0v) is 14.2. The molecule has 0 aliphatic carbocycles. The zero-order valence-electron chi connectivity index (χ0n) is 11.0. The summed E-state index contributed by atoms with van der Waals surface area (Å²) in [6, 6.07) is 9.35. The van der Waals surface area contributed by atoms with E-state index in [9.17, 15) is 5.11 Å². The molecule has 0 unspecified atom stereocenters. The van der Waals surface area contributed by atoms with E-state index < -0.39 is 0 Å². The summed E-state index contributed by atoms with van der Waals surface area (Å²) in [4.78, 5) is 0. The molecule has 0 saturated heterocycles. The molecule has 1 aliphatic heterocycles. The first-order valence-electron chi connectivity index (χ1n) is 6.44. The molecule has 2 aromatic rings. The van der Waals surface area contributed by atoms with Gasteiger partial charge in [-0.3, -0.25) is 0 Å². The summed E-state index contributed by atoms with van der Waals surface area (Å²) < 4.78 is 12.7. The molecule has 1 heterocycles. The first-order chi connectivity index (χ1) is 10.1. The second-order valence-corrected chi connectivity index (χ2v) is 6.29. The lowest BCUT2D eigenvalue weighted by molar-refractivity contribution is 0.171. The third-order valence-corrected chi connectivity index (χ3v) is 4.47. The van der Waals surface area contributed by atoms with Crippen molar-refractivity contribution in [3.63, 3.8) is 0 Å². The molecular weight excluding hydrogens is 402 g/mol. The number of nitrogens with one attached hydrogen (secondary N) is 1. The Balaban J connectivity index is 1.80. The van der Waals surface area contributed by atoms with Crippen molar-refractivity contribution in [3.8, 4) is 17.2 Å². The summed E-state index contributed by atoms with van der Waals surface area (Å²) in [6.45, 7) is 1.63. The second kappa shape index (κ2) is 6.15. The molecule has 4 nitrogen and oxygen atoms in total. The highest BCUT2D eigenvalue weighted by Gasteiger charge is 2.15. The first-order valence-corrected chi connectivity index (χ1v) is 8.03. The lowest BCUT2D eigenvalue weighted by Crippen LogP contribution is -2.15. The van der Waals surface area contributed by atoms with Gasteiger partial charge in [0, 0.05) is 28.7 Å². The van der Waals surface area contributed by atoms with Gasteiger partial charge in [-0.25, -0.2) is 0 Å². The van der Waals surface area contributed by atoms with Crippen LogP contribution in [0.3, 0.4) is 0 Å². The minimum atomic E-state index is 0.249. The van der Waals surface area contributed by atoms with Crippen LogP contribution in [-0.4, -0.2) is 18.3 Å². The molecule has 2 N–H and O–H groups in total. The molecule has 0 saturated carbocycles. The van der Waals surface area contributed by atoms with Crippen molar-refractivity contribution >= 4 is 37.5 Å². The predicted molar refractivity (Wildman–Crippen MR) is 88.3 cm³/mol. The predicted octanol–water partition coefficient (Wildman–Crippen LogP) is 4.30. The Morgan fingerprint density at radius 3 is 2.52 bits per heavy atom. The average Bonchev–Trinajstić information content (AvgIpc) is 2.49. The van der Waals surface area contributed by atoms with Crippen molar-refractivity contribution in [1.82, 2.24) is 0 Å². The topological polar surface area (TPSA) is 50.7 Å². The molecule has 2 aromatic carbocycles. The van der Waals surface area contributed by atoms with Crippen LogP contribution in [0.25, 0.3) is 0 Å². The minimum absolute atomic E-state index is 0.249. The van der Waals surface area contributed by atoms with E-state index in [1.165, 1.54) is 0 Å². The maximum absolute atomic E-state index is 9.99. The number of anilines is 1. The number of halogens is 2.